The Morgan fingerprint density at radius 1 is 1.42 bits per heavy atom. The van der Waals surface area contributed by atoms with Gasteiger partial charge in [-0.2, -0.15) is 0 Å². The van der Waals surface area contributed by atoms with E-state index in [0.717, 1.165) is 13.0 Å². The van der Waals surface area contributed by atoms with Crippen LogP contribution in [-0.2, 0) is 9.59 Å². The van der Waals surface area contributed by atoms with Crippen molar-refractivity contribution in [1.29, 1.82) is 0 Å². The third-order valence-corrected chi connectivity index (χ3v) is 3.47. The van der Waals surface area contributed by atoms with Crippen LogP contribution in [0, 0.1) is 5.92 Å². The highest BCUT2D eigenvalue weighted by Gasteiger charge is 2.35. The highest BCUT2D eigenvalue weighted by atomic mass is 16.2. The average Bonchev–Trinajstić information content (AvgIpc) is 2.97. The number of hydrogen-bond donors (Lipinski definition) is 3. The Kier molecular flexibility index (Phi) is 4.04. The number of amides is 2. The summed E-state index contributed by atoms with van der Waals surface area (Å²) in [6, 6.07) is -0.696. The van der Waals surface area contributed by atoms with Gasteiger partial charge in [-0.3, -0.25) is 9.59 Å². The Morgan fingerprint density at radius 2 is 2.16 bits per heavy atom. The fraction of sp³-hybridized carbons (Fsp3) is 0.750. The first-order valence-electron chi connectivity index (χ1n) is 6.51. The summed E-state index contributed by atoms with van der Waals surface area (Å²) in [5.74, 6) is 0.308. The molecule has 4 unspecified atom stereocenters. The fourth-order valence-electron chi connectivity index (χ4n) is 2.34. The van der Waals surface area contributed by atoms with E-state index < -0.39 is 12.2 Å². The largest absolute Gasteiger partial charge is 0.362 e. The maximum Gasteiger partial charge on any atom is 0.248 e. The van der Waals surface area contributed by atoms with Crippen LogP contribution in [0.1, 0.15) is 13.3 Å². The second kappa shape index (κ2) is 5.56. The van der Waals surface area contributed by atoms with Crippen LogP contribution in [0.15, 0.2) is 4.99 Å². The molecule has 2 aliphatic heterocycles. The lowest BCUT2D eigenvalue weighted by atomic mass is 10.1. The van der Waals surface area contributed by atoms with Gasteiger partial charge >= 0.3 is 0 Å². The predicted molar refractivity (Wildman–Crippen MR) is 71.6 cm³/mol. The number of aliphatic imine (C=N–C) groups is 1. The van der Waals surface area contributed by atoms with Crippen LogP contribution < -0.4 is 16.0 Å². The minimum atomic E-state index is -0.528. The summed E-state index contributed by atoms with van der Waals surface area (Å²) >= 11 is 0. The Bertz CT molecular complexity index is 396. The van der Waals surface area contributed by atoms with E-state index in [1.54, 1.807) is 14.1 Å². The van der Waals surface area contributed by atoms with Gasteiger partial charge in [0.05, 0.1) is 12.4 Å². The van der Waals surface area contributed by atoms with Crippen molar-refractivity contribution in [3.05, 3.63) is 0 Å². The first-order valence-corrected chi connectivity index (χ1v) is 6.51. The van der Waals surface area contributed by atoms with Crippen LogP contribution in [-0.4, -0.2) is 61.9 Å². The maximum atomic E-state index is 12.1. The summed E-state index contributed by atoms with van der Waals surface area (Å²) in [5.41, 5.74) is 0. The highest BCUT2D eigenvalue weighted by Crippen LogP contribution is 2.13. The SMILES string of the molecule is CC1CNC(C(=O)NC2N=CNC2C(=O)N(C)C)C1. The summed E-state index contributed by atoms with van der Waals surface area (Å²) in [4.78, 5) is 29.6. The van der Waals surface area contributed by atoms with Crippen molar-refractivity contribution in [2.24, 2.45) is 10.9 Å². The molecular formula is C12H21N5O2. The average molecular weight is 267 g/mol. The van der Waals surface area contributed by atoms with E-state index in [1.165, 1.54) is 11.2 Å². The molecule has 4 atom stereocenters. The van der Waals surface area contributed by atoms with Crippen molar-refractivity contribution >= 4 is 18.2 Å². The molecule has 0 saturated carbocycles. The Labute approximate surface area is 112 Å². The van der Waals surface area contributed by atoms with Gasteiger partial charge in [-0.1, -0.05) is 6.92 Å². The van der Waals surface area contributed by atoms with Crippen molar-refractivity contribution < 1.29 is 9.59 Å². The van der Waals surface area contributed by atoms with E-state index in [2.05, 4.69) is 27.9 Å². The molecule has 7 nitrogen and oxygen atoms in total. The number of nitrogens with zero attached hydrogens (tertiary/aromatic N) is 2. The number of rotatable bonds is 3. The molecule has 2 heterocycles. The van der Waals surface area contributed by atoms with Crippen molar-refractivity contribution in [3.63, 3.8) is 0 Å². The van der Waals surface area contributed by atoms with Crippen molar-refractivity contribution in [2.75, 3.05) is 20.6 Å². The van der Waals surface area contributed by atoms with Crippen LogP contribution >= 0.6 is 0 Å². The number of carbonyl (C=O) groups is 2. The third kappa shape index (κ3) is 3.04. The molecule has 106 valence electrons. The van der Waals surface area contributed by atoms with Gasteiger partial charge in [-0.25, -0.2) is 4.99 Å². The summed E-state index contributed by atoms with van der Waals surface area (Å²) < 4.78 is 0. The minimum Gasteiger partial charge on any atom is -0.362 e. The number of likely N-dealkylation sites (N-methyl/N-ethyl adjacent to an activating group) is 1. The summed E-state index contributed by atoms with van der Waals surface area (Å²) in [6.07, 6.45) is 1.77. The molecule has 2 aliphatic rings. The Morgan fingerprint density at radius 3 is 2.74 bits per heavy atom. The van der Waals surface area contributed by atoms with Crippen molar-refractivity contribution in [3.8, 4) is 0 Å². The van der Waals surface area contributed by atoms with Crippen LogP contribution in [0.3, 0.4) is 0 Å². The molecule has 2 rings (SSSR count). The number of carbonyl (C=O) groups excluding carboxylic acids is 2. The van der Waals surface area contributed by atoms with Crippen LogP contribution in [0.2, 0.25) is 0 Å². The standard InChI is InChI=1S/C12H21N5O2/c1-7-4-8(13-5-7)11(18)16-10-9(14-6-15-10)12(19)17(2)3/h6-10,13H,4-5H2,1-3H3,(H,14,15)(H,16,18). The molecule has 0 bridgehead atoms. The molecule has 0 radical (unpaired) electrons. The fourth-order valence-corrected chi connectivity index (χ4v) is 2.34. The number of nitrogens with one attached hydrogen (secondary N) is 3. The van der Waals surface area contributed by atoms with Gasteiger partial charge in [-0.05, 0) is 18.9 Å². The molecule has 19 heavy (non-hydrogen) atoms. The van der Waals surface area contributed by atoms with Gasteiger partial charge in [0.2, 0.25) is 11.8 Å². The van der Waals surface area contributed by atoms with Crippen LogP contribution in [0.25, 0.3) is 0 Å². The molecule has 0 aromatic carbocycles. The molecule has 1 saturated heterocycles. The zero-order valence-corrected chi connectivity index (χ0v) is 11.5. The summed E-state index contributed by atoms with van der Waals surface area (Å²) in [6.45, 7) is 2.96. The molecule has 7 heteroatoms. The molecule has 2 amide bonds. The second-order valence-electron chi connectivity index (χ2n) is 5.41. The second-order valence-corrected chi connectivity index (χ2v) is 5.41. The zero-order chi connectivity index (χ0) is 14.0. The van der Waals surface area contributed by atoms with Gasteiger partial charge in [0.1, 0.15) is 6.04 Å². The third-order valence-electron chi connectivity index (χ3n) is 3.47. The van der Waals surface area contributed by atoms with Crippen molar-refractivity contribution in [1.82, 2.24) is 20.9 Å². The van der Waals surface area contributed by atoms with E-state index in [0.29, 0.717) is 5.92 Å². The minimum absolute atomic E-state index is 0.0910. The lowest BCUT2D eigenvalue weighted by molar-refractivity contribution is -0.131. The zero-order valence-electron chi connectivity index (χ0n) is 11.5. The lowest BCUT2D eigenvalue weighted by Gasteiger charge is -2.23. The highest BCUT2D eigenvalue weighted by molar-refractivity contribution is 5.88. The monoisotopic (exact) mass is 267 g/mol. The first kappa shape index (κ1) is 13.8. The van der Waals surface area contributed by atoms with E-state index >= 15 is 0 Å². The molecule has 3 N–H and O–H groups in total. The van der Waals surface area contributed by atoms with Gasteiger partial charge in [0, 0.05) is 14.1 Å². The summed E-state index contributed by atoms with van der Waals surface area (Å²) in [5, 5.41) is 8.86. The van der Waals surface area contributed by atoms with E-state index in [-0.39, 0.29) is 17.9 Å². The first-order chi connectivity index (χ1) is 8.99. The summed E-state index contributed by atoms with van der Waals surface area (Å²) in [7, 11) is 3.36. The molecule has 0 aliphatic carbocycles. The topological polar surface area (TPSA) is 85.8 Å². The Hall–Kier alpha value is -1.63. The van der Waals surface area contributed by atoms with E-state index in [4.69, 9.17) is 0 Å². The molecular weight excluding hydrogens is 246 g/mol. The van der Waals surface area contributed by atoms with Gasteiger partial charge in [-0.15, -0.1) is 0 Å². The lowest BCUT2D eigenvalue weighted by Crippen LogP contribution is -2.54. The van der Waals surface area contributed by atoms with Gasteiger partial charge in [0.25, 0.3) is 0 Å². The van der Waals surface area contributed by atoms with Crippen LogP contribution in [0.5, 0.6) is 0 Å². The van der Waals surface area contributed by atoms with E-state index in [1.807, 2.05) is 0 Å². The molecule has 0 spiro atoms. The Balaban J connectivity index is 1.92. The molecule has 0 aromatic heterocycles. The molecule has 1 fully saturated rings. The predicted octanol–water partition coefficient (Wildman–Crippen LogP) is -1.48. The van der Waals surface area contributed by atoms with Crippen molar-refractivity contribution in [2.45, 2.75) is 31.6 Å². The maximum absolute atomic E-state index is 12.1. The number of hydrogen-bond acceptors (Lipinski definition) is 5. The van der Waals surface area contributed by atoms with E-state index in [9.17, 15) is 9.59 Å². The quantitative estimate of drug-likeness (QED) is 0.582. The molecule has 0 aromatic rings. The van der Waals surface area contributed by atoms with Crippen LogP contribution in [0.4, 0.5) is 0 Å². The normalized spacial score (nSPS) is 33.0. The van der Waals surface area contributed by atoms with Gasteiger partial charge < -0.3 is 20.9 Å². The smallest absolute Gasteiger partial charge is 0.248 e. The van der Waals surface area contributed by atoms with Gasteiger partial charge in [0.15, 0.2) is 6.17 Å².